The monoisotopic (exact) mass is 687 g/mol. The molecular formula is C38H49N5O7. The van der Waals surface area contributed by atoms with E-state index in [4.69, 9.17) is 9.47 Å². The van der Waals surface area contributed by atoms with Crippen LogP contribution in [-0.4, -0.2) is 72.1 Å². The number of amides is 2. The second-order valence-corrected chi connectivity index (χ2v) is 13.2. The number of piperazine rings is 1. The van der Waals surface area contributed by atoms with E-state index in [-0.39, 0.29) is 47.2 Å². The highest BCUT2D eigenvalue weighted by Gasteiger charge is 2.39. The zero-order valence-electron chi connectivity index (χ0n) is 29.0. The summed E-state index contributed by atoms with van der Waals surface area (Å²) in [6.07, 6.45) is 2.06. The number of nitrogens with one attached hydrogen (secondary N) is 2. The number of nitrogens with zero attached hydrogens (tertiary/aromatic N) is 3. The lowest BCUT2D eigenvalue weighted by molar-refractivity contribution is -0.384. The number of hydrogen-bond acceptors (Lipinski definition) is 9. The lowest BCUT2D eigenvalue weighted by atomic mass is 9.90. The number of benzene rings is 3. The molecule has 12 heteroatoms. The Morgan fingerprint density at radius 1 is 0.860 bits per heavy atom. The molecule has 5 rings (SSSR count). The van der Waals surface area contributed by atoms with E-state index in [1.54, 1.807) is 12.1 Å². The minimum Gasteiger partial charge on any atom is -0.392 e. The van der Waals surface area contributed by atoms with Crippen molar-refractivity contribution >= 4 is 23.2 Å². The van der Waals surface area contributed by atoms with Crippen LogP contribution in [0.4, 0.5) is 11.4 Å². The molecule has 3 aromatic carbocycles. The topological polar surface area (TPSA) is 147 Å². The van der Waals surface area contributed by atoms with Gasteiger partial charge in [-0.15, -0.1) is 0 Å². The summed E-state index contributed by atoms with van der Waals surface area (Å²) < 4.78 is 13.3. The Hall–Kier alpha value is -4.36. The third-order valence-corrected chi connectivity index (χ3v) is 9.56. The molecule has 0 bridgehead atoms. The van der Waals surface area contributed by atoms with E-state index in [1.165, 1.54) is 6.92 Å². The molecule has 0 aliphatic carbocycles. The zero-order valence-corrected chi connectivity index (χ0v) is 29.0. The van der Waals surface area contributed by atoms with Crippen LogP contribution in [0.3, 0.4) is 0 Å². The molecule has 2 amide bonds. The standard InChI is InChI=1S/C38H49N5O7/c1-27-35(25-41-20-22-42(23-21-41)33-15-17-34(18-16-33)43(47)48)49-38(50-37(27)31-11-9-30(26-44)10-12-31)32-13-7-29(8-14-32)24-40-36(46)6-4-3-5-19-39-28(2)45/h7-18,27,35,37-38,44H,3-6,19-26H2,1-2H3,(H,39,45)(H,40,46). The van der Waals surface area contributed by atoms with Crippen LogP contribution in [0.1, 0.15) is 74.2 Å². The molecule has 2 fully saturated rings. The normalized spacial score (nSPS) is 21.1. The Bertz CT molecular complexity index is 1540. The maximum atomic E-state index is 12.4. The quantitative estimate of drug-likeness (QED) is 0.114. The smallest absolute Gasteiger partial charge is 0.269 e. The number of hydrogen-bond donors (Lipinski definition) is 3. The summed E-state index contributed by atoms with van der Waals surface area (Å²) in [7, 11) is 0. The summed E-state index contributed by atoms with van der Waals surface area (Å²) in [4.78, 5) is 38.7. The van der Waals surface area contributed by atoms with Crippen LogP contribution >= 0.6 is 0 Å². The zero-order chi connectivity index (χ0) is 35.5. The molecule has 2 saturated heterocycles. The van der Waals surface area contributed by atoms with Gasteiger partial charge in [-0.25, -0.2) is 0 Å². The van der Waals surface area contributed by atoms with Crippen LogP contribution in [0.25, 0.3) is 0 Å². The van der Waals surface area contributed by atoms with Gasteiger partial charge in [0.2, 0.25) is 11.8 Å². The lowest BCUT2D eigenvalue weighted by Crippen LogP contribution is -2.51. The Balaban J connectivity index is 1.18. The Kier molecular flexibility index (Phi) is 13.3. The highest BCUT2D eigenvalue weighted by molar-refractivity contribution is 5.75. The highest BCUT2D eigenvalue weighted by atomic mass is 16.7. The number of ether oxygens (including phenoxy) is 2. The third-order valence-electron chi connectivity index (χ3n) is 9.56. The van der Waals surface area contributed by atoms with E-state index in [9.17, 15) is 24.8 Å². The van der Waals surface area contributed by atoms with Gasteiger partial charge in [0.25, 0.3) is 5.69 Å². The second-order valence-electron chi connectivity index (χ2n) is 13.2. The molecular weight excluding hydrogens is 638 g/mol. The molecule has 2 aliphatic heterocycles. The molecule has 3 N–H and O–H groups in total. The van der Waals surface area contributed by atoms with Crippen molar-refractivity contribution < 1.29 is 29.1 Å². The molecule has 4 atom stereocenters. The van der Waals surface area contributed by atoms with Gasteiger partial charge in [-0.05, 0) is 41.7 Å². The predicted molar refractivity (Wildman–Crippen MR) is 190 cm³/mol. The third kappa shape index (κ3) is 10.3. The van der Waals surface area contributed by atoms with Crippen molar-refractivity contribution in [1.29, 1.82) is 0 Å². The van der Waals surface area contributed by atoms with Gasteiger partial charge in [0.05, 0.1) is 23.7 Å². The Labute approximate surface area is 293 Å². The number of nitro groups is 1. The van der Waals surface area contributed by atoms with Crippen LogP contribution in [0, 0.1) is 16.0 Å². The van der Waals surface area contributed by atoms with E-state index in [0.29, 0.717) is 19.5 Å². The minimum absolute atomic E-state index is 0.00742. The van der Waals surface area contributed by atoms with Crippen LogP contribution in [0.5, 0.6) is 0 Å². The largest absolute Gasteiger partial charge is 0.392 e. The first-order valence-corrected chi connectivity index (χ1v) is 17.5. The number of aliphatic hydroxyl groups excluding tert-OH is 1. The van der Waals surface area contributed by atoms with Crippen molar-refractivity contribution in [2.45, 2.75) is 71.2 Å². The fourth-order valence-electron chi connectivity index (χ4n) is 6.49. The van der Waals surface area contributed by atoms with Gasteiger partial charge in [-0.2, -0.15) is 0 Å². The van der Waals surface area contributed by atoms with E-state index < -0.39 is 6.29 Å². The van der Waals surface area contributed by atoms with Crippen molar-refractivity contribution in [2.24, 2.45) is 5.92 Å². The molecule has 0 saturated carbocycles. The van der Waals surface area contributed by atoms with E-state index >= 15 is 0 Å². The first-order chi connectivity index (χ1) is 24.2. The van der Waals surface area contributed by atoms with Crippen LogP contribution in [0.15, 0.2) is 72.8 Å². The van der Waals surface area contributed by atoms with Gasteiger partial charge < -0.3 is 30.1 Å². The number of carbonyl (C=O) groups is 2. The number of carbonyl (C=O) groups excluding carboxylic acids is 2. The maximum absolute atomic E-state index is 12.4. The van der Waals surface area contributed by atoms with E-state index in [1.807, 2.05) is 60.7 Å². The summed E-state index contributed by atoms with van der Waals surface area (Å²) in [5.41, 5.74) is 4.83. The van der Waals surface area contributed by atoms with Crippen molar-refractivity contribution in [3.63, 3.8) is 0 Å². The van der Waals surface area contributed by atoms with Crippen LogP contribution < -0.4 is 15.5 Å². The average Bonchev–Trinajstić information content (AvgIpc) is 3.13. The summed E-state index contributed by atoms with van der Waals surface area (Å²) >= 11 is 0. The van der Waals surface area contributed by atoms with E-state index in [2.05, 4.69) is 27.4 Å². The minimum atomic E-state index is -0.582. The van der Waals surface area contributed by atoms with Crippen LogP contribution in [-0.2, 0) is 32.2 Å². The Morgan fingerprint density at radius 3 is 2.16 bits per heavy atom. The molecule has 3 aromatic rings. The van der Waals surface area contributed by atoms with Gasteiger partial charge in [-0.3, -0.25) is 24.6 Å². The number of non-ortho nitro benzene ring substituents is 1. The molecule has 4 unspecified atom stereocenters. The van der Waals surface area contributed by atoms with Crippen molar-refractivity contribution in [2.75, 3.05) is 44.2 Å². The summed E-state index contributed by atoms with van der Waals surface area (Å²) in [5.74, 6) is 0.0266. The molecule has 0 spiro atoms. The number of nitro benzene ring substituents is 1. The van der Waals surface area contributed by atoms with Gasteiger partial charge in [0.1, 0.15) is 0 Å². The van der Waals surface area contributed by atoms with Crippen molar-refractivity contribution in [3.8, 4) is 0 Å². The van der Waals surface area contributed by atoms with Gasteiger partial charge in [0, 0.05) is 88.5 Å². The highest BCUT2D eigenvalue weighted by Crippen LogP contribution is 2.42. The fraction of sp³-hybridized carbons (Fsp3) is 0.474. The number of aliphatic hydroxyl groups is 1. The second kappa shape index (κ2) is 18.0. The average molecular weight is 688 g/mol. The molecule has 0 radical (unpaired) electrons. The van der Waals surface area contributed by atoms with Gasteiger partial charge in [-0.1, -0.05) is 61.9 Å². The van der Waals surface area contributed by atoms with Gasteiger partial charge >= 0.3 is 0 Å². The summed E-state index contributed by atoms with van der Waals surface area (Å²) in [5, 5.41) is 26.4. The fourth-order valence-corrected chi connectivity index (χ4v) is 6.49. The first kappa shape index (κ1) is 36.9. The first-order valence-electron chi connectivity index (χ1n) is 17.5. The SMILES string of the molecule is CC(=O)NCCCCCC(=O)NCc1ccc(C2OC(CN3CCN(c4ccc([N+](=O)[O-])cc4)CC3)C(C)C(c3ccc(CO)cc3)O2)cc1. The van der Waals surface area contributed by atoms with Crippen molar-refractivity contribution in [3.05, 3.63) is 105 Å². The number of rotatable bonds is 15. The molecule has 0 aromatic heterocycles. The molecule has 2 aliphatic rings. The molecule has 50 heavy (non-hydrogen) atoms. The van der Waals surface area contributed by atoms with Crippen LogP contribution in [0.2, 0.25) is 0 Å². The summed E-state index contributed by atoms with van der Waals surface area (Å²) in [6.45, 7) is 8.73. The predicted octanol–water partition coefficient (Wildman–Crippen LogP) is 5.01. The van der Waals surface area contributed by atoms with Gasteiger partial charge in [0.15, 0.2) is 6.29 Å². The molecule has 2 heterocycles. The number of unbranched alkanes of at least 4 members (excludes halogenated alkanes) is 2. The molecule has 12 nitrogen and oxygen atoms in total. The maximum Gasteiger partial charge on any atom is 0.269 e. The lowest BCUT2D eigenvalue weighted by Gasteiger charge is -2.44. The van der Waals surface area contributed by atoms with Crippen molar-refractivity contribution in [1.82, 2.24) is 15.5 Å². The number of anilines is 1. The summed E-state index contributed by atoms with van der Waals surface area (Å²) in [6, 6.07) is 22.6. The molecule has 268 valence electrons. The van der Waals surface area contributed by atoms with E-state index in [0.717, 1.165) is 79.9 Å². The Morgan fingerprint density at radius 2 is 1.52 bits per heavy atom.